The van der Waals surface area contributed by atoms with E-state index in [1.807, 2.05) is 0 Å². The number of amides is 1. The third kappa shape index (κ3) is 3.63. The number of hydrogen-bond acceptors (Lipinski definition) is 2. The summed E-state index contributed by atoms with van der Waals surface area (Å²) < 4.78 is 0. The summed E-state index contributed by atoms with van der Waals surface area (Å²) in [7, 11) is 0. The Hall–Kier alpha value is -0.280. The largest absolute Gasteiger partial charge is 0.353 e. The summed E-state index contributed by atoms with van der Waals surface area (Å²) in [4.78, 5) is 11.9. The molecule has 0 radical (unpaired) electrons. The molecular weight excluding hydrogens is 224 g/mol. The van der Waals surface area contributed by atoms with Crippen molar-refractivity contribution in [3.8, 4) is 0 Å². The van der Waals surface area contributed by atoms with Crippen LogP contribution in [0.5, 0.6) is 0 Å². The minimum atomic E-state index is 0. The van der Waals surface area contributed by atoms with E-state index < -0.39 is 0 Å². The van der Waals surface area contributed by atoms with E-state index in [1.165, 1.54) is 12.8 Å². The number of piperidine rings is 1. The lowest BCUT2D eigenvalue weighted by Crippen LogP contribution is -2.48. The maximum Gasteiger partial charge on any atom is 0.223 e. The van der Waals surface area contributed by atoms with Crippen molar-refractivity contribution < 1.29 is 4.79 Å². The SMILES string of the molecule is CC1CC(NC(=O)C(C)C2CC2)CCN1.Cl. The number of halogens is 1. The Labute approximate surface area is 104 Å². The van der Waals surface area contributed by atoms with Gasteiger partial charge in [-0.05, 0) is 45.1 Å². The van der Waals surface area contributed by atoms with E-state index in [2.05, 4.69) is 24.5 Å². The van der Waals surface area contributed by atoms with Crippen LogP contribution in [-0.4, -0.2) is 24.5 Å². The molecule has 1 aliphatic carbocycles. The Bertz CT molecular complexity index is 243. The molecule has 1 saturated carbocycles. The minimum absolute atomic E-state index is 0. The van der Waals surface area contributed by atoms with E-state index in [9.17, 15) is 4.79 Å². The van der Waals surface area contributed by atoms with Gasteiger partial charge >= 0.3 is 0 Å². The minimum Gasteiger partial charge on any atom is -0.353 e. The van der Waals surface area contributed by atoms with Gasteiger partial charge < -0.3 is 10.6 Å². The predicted octanol–water partition coefficient (Wildman–Crippen LogP) is 1.71. The highest BCUT2D eigenvalue weighted by molar-refractivity contribution is 5.85. The van der Waals surface area contributed by atoms with Crippen LogP contribution in [0.3, 0.4) is 0 Å². The van der Waals surface area contributed by atoms with Crippen LogP contribution in [-0.2, 0) is 4.79 Å². The van der Waals surface area contributed by atoms with Gasteiger partial charge in [0.15, 0.2) is 0 Å². The molecule has 2 N–H and O–H groups in total. The number of carbonyl (C=O) groups is 1. The van der Waals surface area contributed by atoms with Crippen molar-refractivity contribution in [3.63, 3.8) is 0 Å². The molecule has 4 heteroatoms. The lowest BCUT2D eigenvalue weighted by Gasteiger charge is -2.29. The van der Waals surface area contributed by atoms with Gasteiger partial charge in [-0.15, -0.1) is 12.4 Å². The summed E-state index contributed by atoms with van der Waals surface area (Å²) in [5.74, 6) is 1.18. The lowest BCUT2D eigenvalue weighted by molar-refractivity contribution is -0.126. The lowest BCUT2D eigenvalue weighted by atomic mass is 9.98. The van der Waals surface area contributed by atoms with Crippen LogP contribution < -0.4 is 10.6 Å². The number of nitrogens with one attached hydrogen (secondary N) is 2. The Balaban J connectivity index is 0.00000128. The molecule has 2 rings (SSSR count). The smallest absolute Gasteiger partial charge is 0.223 e. The Morgan fingerprint density at radius 1 is 1.38 bits per heavy atom. The highest BCUT2D eigenvalue weighted by atomic mass is 35.5. The summed E-state index contributed by atoms with van der Waals surface area (Å²) in [5, 5.41) is 6.59. The first kappa shape index (κ1) is 13.8. The third-order valence-corrected chi connectivity index (χ3v) is 3.71. The maximum atomic E-state index is 11.9. The summed E-state index contributed by atoms with van der Waals surface area (Å²) in [5.41, 5.74) is 0. The molecule has 0 spiro atoms. The van der Waals surface area contributed by atoms with E-state index in [-0.39, 0.29) is 24.2 Å². The van der Waals surface area contributed by atoms with E-state index in [4.69, 9.17) is 0 Å². The molecule has 1 heterocycles. The average Bonchev–Trinajstić information content (AvgIpc) is 2.99. The van der Waals surface area contributed by atoms with Gasteiger partial charge in [0.05, 0.1) is 0 Å². The second-order valence-corrected chi connectivity index (χ2v) is 5.21. The second kappa shape index (κ2) is 5.87. The van der Waals surface area contributed by atoms with Crippen molar-refractivity contribution in [2.75, 3.05) is 6.54 Å². The van der Waals surface area contributed by atoms with Gasteiger partial charge in [-0.3, -0.25) is 4.79 Å². The molecule has 3 unspecified atom stereocenters. The van der Waals surface area contributed by atoms with Crippen LogP contribution in [0.25, 0.3) is 0 Å². The predicted molar refractivity (Wildman–Crippen MR) is 67.8 cm³/mol. The zero-order valence-corrected chi connectivity index (χ0v) is 11.0. The summed E-state index contributed by atoms with van der Waals surface area (Å²) in [6.07, 6.45) is 4.64. The molecule has 0 aromatic rings. The maximum absolute atomic E-state index is 11.9. The van der Waals surface area contributed by atoms with Crippen molar-refractivity contribution in [1.29, 1.82) is 0 Å². The van der Waals surface area contributed by atoms with Crippen LogP contribution in [0, 0.1) is 11.8 Å². The van der Waals surface area contributed by atoms with Gasteiger partial charge in [-0.1, -0.05) is 6.92 Å². The fourth-order valence-corrected chi connectivity index (χ4v) is 2.41. The first-order valence-corrected chi connectivity index (χ1v) is 6.20. The number of carbonyl (C=O) groups excluding carboxylic acids is 1. The van der Waals surface area contributed by atoms with Gasteiger partial charge in [0.1, 0.15) is 0 Å². The fraction of sp³-hybridized carbons (Fsp3) is 0.917. The van der Waals surface area contributed by atoms with Gasteiger partial charge in [-0.25, -0.2) is 0 Å². The number of rotatable bonds is 3. The van der Waals surface area contributed by atoms with Crippen molar-refractivity contribution >= 4 is 18.3 Å². The fourth-order valence-electron chi connectivity index (χ4n) is 2.41. The molecule has 0 bridgehead atoms. The van der Waals surface area contributed by atoms with Crippen molar-refractivity contribution in [1.82, 2.24) is 10.6 Å². The summed E-state index contributed by atoms with van der Waals surface area (Å²) in [6.45, 7) is 5.28. The molecule has 94 valence electrons. The third-order valence-electron chi connectivity index (χ3n) is 3.71. The zero-order valence-electron chi connectivity index (χ0n) is 10.2. The monoisotopic (exact) mass is 246 g/mol. The molecule has 1 aliphatic heterocycles. The van der Waals surface area contributed by atoms with Crippen molar-refractivity contribution in [2.45, 2.75) is 51.6 Å². The van der Waals surface area contributed by atoms with Gasteiger partial charge in [0.2, 0.25) is 5.91 Å². The Morgan fingerprint density at radius 3 is 2.62 bits per heavy atom. The topological polar surface area (TPSA) is 41.1 Å². The van der Waals surface area contributed by atoms with Gasteiger partial charge in [0, 0.05) is 18.0 Å². The quantitative estimate of drug-likeness (QED) is 0.796. The van der Waals surface area contributed by atoms with E-state index in [0.717, 1.165) is 19.4 Å². The second-order valence-electron chi connectivity index (χ2n) is 5.21. The molecule has 2 fully saturated rings. The Morgan fingerprint density at radius 2 is 2.06 bits per heavy atom. The molecule has 3 atom stereocenters. The van der Waals surface area contributed by atoms with E-state index in [0.29, 0.717) is 18.0 Å². The van der Waals surface area contributed by atoms with Crippen molar-refractivity contribution in [3.05, 3.63) is 0 Å². The zero-order chi connectivity index (χ0) is 10.8. The molecule has 3 nitrogen and oxygen atoms in total. The van der Waals surface area contributed by atoms with E-state index >= 15 is 0 Å². The van der Waals surface area contributed by atoms with Crippen molar-refractivity contribution in [2.24, 2.45) is 11.8 Å². The first-order chi connectivity index (χ1) is 7.16. The highest BCUT2D eigenvalue weighted by Gasteiger charge is 2.33. The first-order valence-electron chi connectivity index (χ1n) is 6.20. The molecule has 0 aromatic carbocycles. The van der Waals surface area contributed by atoms with E-state index in [1.54, 1.807) is 0 Å². The van der Waals surface area contributed by atoms with Crippen LogP contribution in [0.2, 0.25) is 0 Å². The summed E-state index contributed by atoms with van der Waals surface area (Å²) in [6, 6.07) is 0.940. The molecular formula is C12H23ClN2O. The van der Waals surface area contributed by atoms with Crippen LogP contribution in [0.4, 0.5) is 0 Å². The highest BCUT2D eigenvalue weighted by Crippen LogP contribution is 2.36. The van der Waals surface area contributed by atoms with Gasteiger partial charge in [0.25, 0.3) is 0 Å². The average molecular weight is 247 g/mol. The van der Waals surface area contributed by atoms with Crippen LogP contribution in [0.15, 0.2) is 0 Å². The van der Waals surface area contributed by atoms with Crippen LogP contribution in [0.1, 0.15) is 39.5 Å². The molecule has 0 aromatic heterocycles. The normalized spacial score (nSPS) is 31.4. The number of hydrogen-bond donors (Lipinski definition) is 2. The Kier molecular flexibility index (Phi) is 5.06. The molecule has 1 amide bonds. The molecule has 1 saturated heterocycles. The summed E-state index contributed by atoms with van der Waals surface area (Å²) >= 11 is 0. The molecule has 2 aliphatic rings. The van der Waals surface area contributed by atoms with Crippen LogP contribution >= 0.6 is 12.4 Å². The standard InChI is InChI=1S/C12H22N2O.ClH/c1-8-7-11(5-6-13-8)14-12(15)9(2)10-3-4-10;/h8-11,13H,3-7H2,1-2H3,(H,14,15);1H. The van der Waals surface area contributed by atoms with Gasteiger partial charge in [-0.2, -0.15) is 0 Å². The molecule has 16 heavy (non-hydrogen) atoms.